The van der Waals surface area contributed by atoms with Crippen LogP contribution in [0.25, 0.3) is 32.3 Å². The van der Waals surface area contributed by atoms with Gasteiger partial charge in [-0.3, -0.25) is 0 Å². The first-order chi connectivity index (χ1) is 21.6. The summed E-state index contributed by atoms with van der Waals surface area (Å²) < 4.78 is 10.7. The molecule has 4 heteroatoms. The highest BCUT2D eigenvalue weighted by atomic mass is 16.5. The van der Waals surface area contributed by atoms with Gasteiger partial charge in [0.25, 0.3) is 0 Å². The molecule has 0 aliphatic carbocycles. The second-order valence-electron chi connectivity index (χ2n) is 11.6. The molecular weight excluding hydrogens is 544 g/mol. The predicted molar refractivity (Wildman–Crippen MR) is 184 cm³/mol. The van der Waals surface area contributed by atoms with Crippen molar-refractivity contribution in [2.75, 3.05) is 13.2 Å². The fraction of sp³-hybridized carbons (Fsp3) is 0.400. The summed E-state index contributed by atoms with van der Waals surface area (Å²) in [5, 5.41) is 8.14. The molecule has 232 valence electrons. The van der Waals surface area contributed by atoms with E-state index in [9.17, 15) is 9.59 Å². The smallest absolute Gasteiger partial charge is 0.339 e. The molecule has 0 radical (unpaired) electrons. The van der Waals surface area contributed by atoms with Crippen LogP contribution in [0.4, 0.5) is 0 Å². The number of unbranched alkanes of at least 4 members (excludes halogenated alkanes) is 10. The summed E-state index contributed by atoms with van der Waals surface area (Å²) in [4.78, 5) is 24.7. The third-order valence-corrected chi connectivity index (χ3v) is 8.22. The SMILES string of the molecule is CCCCCCCCOC(=O)c1ccccc1C(=O)OCCCCCCCC.c1cc2ccc3cccc4ccc(c1)c2c34. The van der Waals surface area contributed by atoms with Crippen LogP contribution in [0.5, 0.6) is 0 Å². The second kappa shape index (κ2) is 18.0. The van der Waals surface area contributed by atoms with Crippen LogP contribution in [0.3, 0.4) is 0 Å². The van der Waals surface area contributed by atoms with Gasteiger partial charge in [0.15, 0.2) is 0 Å². The Morgan fingerprint density at radius 1 is 0.432 bits per heavy atom. The highest BCUT2D eigenvalue weighted by Gasteiger charge is 2.18. The van der Waals surface area contributed by atoms with Crippen molar-refractivity contribution >= 4 is 44.3 Å². The van der Waals surface area contributed by atoms with E-state index in [-0.39, 0.29) is 0 Å². The standard InChI is InChI=1S/C24H38O4.C16H10/c1-3-5-7-9-11-15-19-27-23(25)21-17-13-14-18-22(21)24(26)28-20-16-12-10-8-6-4-2;1-3-11-7-9-13-5-2-6-14-10-8-12(4-1)15(11)16(13)14/h13-14,17-18H,3-12,15-16,19-20H2,1-2H3;1-10H. The van der Waals surface area contributed by atoms with Crippen molar-refractivity contribution in [3.8, 4) is 0 Å². The molecule has 4 nitrogen and oxygen atoms in total. The van der Waals surface area contributed by atoms with E-state index in [1.807, 2.05) is 0 Å². The van der Waals surface area contributed by atoms with E-state index in [1.54, 1.807) is 24.3 Å². The summed E-state index contributed by atoms with van der Waals surface area (Å²) in [7, 11) is 0. The van der Waals surface area contributed by atoms with Crippen molar-refractivity contribution in [3.05, 3.63) is 96.1 Å². The van der Waals surface area contributed by atoms with E-state index in [4.69, 9.17) is 9.47 Å². The zero-order valence-electron chi connectivity index (χ0n) is 26.6. The molecular formula is C40H48O4. The van der Waals surface area contributed by atoms with Crippen molar-refractivity contribution < 1.29 is 19.1 Å². The van der Waals surface area contributed by atoms with Gasteiger partial charge in [0.05, 0.1) is 24.3 Å². The number of rotatable bonds is 16. The van der Waals surface area contributed by atoms with Gasteiger partial charge < -0.3 is 9.47 Å². The van der Waals surface area contributed by atoms with Crippen molar-refractivity contribution in [2.24, 2.45) is 0 Å². The molecule has 0 aromatic heterocycles. The molecule has 0 unspecified atom stereocenters. The summed E-state index contributed by atoms with van der Waals surface area (Å²) in [6.45, 7) is 5.17. The maximum absolute atomic E-state index is 12.4. The lowest BCUT2D eigenvalue weighted by Crippen LogP contribution is -2.15. The van der Waals surface area contributed by atoms with E-state index in [2.05, 4.69) is 74.5 Å². The first kappa shape index (κ1) is 33.0. The first-order valence-corrected chi connectivity index (χ1v) is 16.7. The fourth-order valence-corrected chi connectivity index (χ4v) is 5.76. The summed E-state index contributed by atoms with van der Waals surface area (Å²) in [5.74, 6) is -0.888. The molecule has 0 aliphatic rings. The van der Waals surface area contributed by atoms with Gasteiger partial charge in [-0.1, -0.05) is 151 Å². The van der Waals surface area contributed by atoms with Gasteiger partial charge >= 0.3 is 11.9 Å². The Morgan fingerprint density at radius 3 is 1.14 bits per heavy atom. The normalized spacial score (nSPS) is 11.0. The van der Waals surface area contributed by atoms with Gasteiger partial charge in [0.1, 0.15) is 0 Å². The second-order valence-corrected chi connectivity index (χ2v) is 11.6. The lowest BCUT2D eigenvalue weighted by atomic mass is 9.95. The molecule has 0 amide bonds. The van der Waals surface area contributed by atoms with Gasteiger partial charge in [-0.2, -0.15) is 0 Å². The minimum absolute atomic E-state index is 0.293. The molecule has 0 spiro atoms. The summed E-state index contributed by atoms with van der Waals surface area (Å²) in [6.07, 6.45) is 13.6. The quantitative estimate of drug-likeness (QED) is 0.0649. The number of carbonyl (C=O) groups excluding carboxylic acids is 2. The molecule has 5 aromatic rings. The van der Waals surface area contributed by atoms with E-state index >= 15 is 0 Å². The number of carbonyl (C=O) groups is 2. The molecule has 0 bridgehead atoms. The van der Waals surface area contributed by atoms with Crippen LogP contribution in [0.2, 0.25) is 0 Å². The van der Waals surface area contributed by atoms with E-state index < -0.39 is 11.9 Å². The Kier molecular flexibility index (Phi) is 13.5. The summed E-state index contributed by atoms with van der Waals surface area (Å²) in [6, 6.07) is 28.6. The highest BCUT2D eigenvalue weighted by molar-refractivity contribution is 6.22. The Balaban J connectivity index is 0.000000228. The molecule has 0 N–H and O–H groups in total. The largest absolute Gasteiger partial charge is 0.462 e. The fourth-order valence-electron chi connectivity index (χ4n) is 5.76. The third-order valence-electron chi connectivity index (χ3n) is 8.22. The zero-order valence-corrected chi connectivity index (χ0v) is 26.6. The average Bonchev–Trinajstić information content (AvgIpc) is 3.06. The monoisotopic (exact) mass is 592 g/mol. The maximum Gasteiger partial charge on any atom is 0.339 e. The topological polar surface area (TPSA) is 52.6 Å². The number of hydrogen-bond donors (Lipinski definition) is 0. The number of esters is 2. The van der Waals surface area contributed by atoms with Gasteiger partial charge in [-0.05, 0) is 57.3 Å². The van der Waals surface area contributed by atoms with Crippen LogP contribution < -0.4 is 0 Å². The minimum Gasteiger partial charge on any atom is -0.462 e. The number of benzene rings is 5. The Morgan fingerprint density at radius 2 is 0.773 bits per heavy atom. The number of hydrogen-bond acceptors (Lipinski definition) is 4. The Bertz CT molecular complexity index is 1410. The highest BCUT2D eigenvalue weighted by Crippen LogP contribution is 2.33. The molecule has 44 heavy (non-hydrogen) atoms. The lowest BCUT2D eigenvalue weighted by Gasteiger charge is -2.10. The first-order valence-electron chi connectivity index (χ1n) is 16.7. The molecule has 0 saturated carbocycles. The van der Waals surface area contributed by atoms with Crippen LogP contribution in [0, 0.1) is 0 Å². The van der Waals surface area contributed by atoms with Crippen molar-refractivity contribution in [3.63, 3.8) is 0 Å². The molecule has 0 saturated heterocycles. The van der Waals surface area contributed by atoms with Gasteiger partial charge in [-0.25, -0.2) is 9.59 Å². The van der Waals surface area contributed by atoms with E-state index in [1.165, 1.54) is 83.7 Å². The third kappa shape index (κ3) is 9.29. The van der Waals surface area contributed by atoms with Crippen molar-refractivity contribution in [1.29, 1.82) is 0 Å². The van der Waals surface area contributed by atoms with Gasteiger partial charge in [0.2, 0.25) is 0 Å². The summed E-state index contributed by atoms with van der Waals surface area (Å²) in [5.41, 5.74) is 0.586. The average molecular weight is 593 g/mol. The summed E-state index contributed by atoms with van der Waals surface area (Å²) >= 11 is 0. The van der Waals surface area contributed by atoms with Crippen LogP contribution in [-0.4, -0.2) is 25.2 Å². The lowest BCUT2D eigenvalue weighted by molar-refractivity contribution is 0.0450. The molecule has 0 fully saturated rings. The zero-order chi connectivity index (χ0) is 31.0. The van der Waals surface area contributed by atoms with Gasteiger partial charge in [-0.15, -0.1) is 0 Å². The molecule has 0 atom stereocenters. The molecule has 0 heterocycles. The van der Waals surface area contributed by atoms with Crippen LogP contribution >= 0.6 is 0 Å². The van der Waals surface area contributed by atoms with Crippen LogP contribution in [-0.2, 0) is 9.47 Å². The van der Waals surface area contributed by atoms with Crippen LogP contribution in [0.1, 0.15) is 112 Å². The maximum atomic E-state index is 12.4. The van der Waals surface area contributed by atoms with Gasteiger partial charge in [0, 0.05) is 0 Å². The molecule has 5 aromatic carbocycles. The van der Waals surface area contributed by atoms with Crippen LogP contribution in [0.15, 0.2) is 84.9 Å². The van der Waals surface area contributed by atoms with Crippen molar-refractivity contribution in [2.45, 2.75) is 90.9 Å². The van der Waals surface area contributed by atoms with Crippen molar-refractivity contribution in [1.82, 2.24) is 0 Å². The Hall–Kier alpha value is -3.92. The molecule has 0 aliphatic heterocycles. The minimum atomic E-state index is -0.444. The van der Waals surface area contributed by atoms with E-state index in [0.29, 0.717) is 24.3 Å². The number of ether oxygens (including phenoxy) is 2. The molecule has 5 rings (SSSR count). The Labute approximate surface area is 263 Å². The predicted octanol–water partition coefficient (Wildman–Crippen LogP) is 11.3. The van der Waals surface area contributed by atoms with E-state index in [0.717, 1.165) is 25.7 Å².